The molecule has 0 saturated carbocycles. The number of amides is 1. The van der Waals surface area contributed by atoms with E-state index < -0.39 is 10.0 Å². The number of unbranched alkanes of at least 4 members (excludes halogenated alkanes) is 1. The maximum Gasteiger partial charge on any atom is 0.251 e. The zero-order valence-electron chi connectivity index (χ0n) is 15.2. The molecule has 0 spiro atoms. The molecule has 2 N–H and O–H groups in total. The van der Waals surface area contributed by atoms with Crippen LogP contribution in [0.4, 0.5) is 0 Å². The predicted octanol–water partition coefficient (Wildman–Crippen LogP) is 3.24. The quantitative estimate of drug-likeness (QED) is 0.677. The first kappa shape index (κ1) is 20.6. The van der Waals surface area contributed by atoms with Crippen LogP contribution in [0.2, 0.25) is 0 Å². The van der Waals surface area contributed by atoms with E-state index in [1.54, 1.807) is 13.0 Å². The normalized spacial score (nSPS) is 12.8. The van der Waals surface area contributed by atoms with Crippen molar-refractivity contribution in [3.8, 4) is 0 Å². The van der Waals surface area contributed by atoms with Gasteiger partial charge in [0, 0.05) is 18.7 Å². The first-order valence-electron chi connectivity index (χ1n) is 8.74. The molecule has 1 atom stereocenters. The minimum Gasteiger partial charge on any atom is -0.352 e. The van der Waals surface area contributed by atoms with Crippen LogP contribution in [0.15, 0.2) is 23.1 Å². The summed E-state index contributed by atoms with van der Waals surface area (Å²) in [6.07, 6.45) is 4.42. The smallest absolute Gasteiger partial charge is 0.251 e. The number of sulfonamides is 1. The summed E-state index contributed by atoms with van der Waals surface area (Å²) in [7, 11) is -3.56. The van der Waals surface area contributed by atoms with Crippen LogP contribution in [0.5, 0.6) is 0 Å². The number of carbonyl (C=O) groups excluding carboxylic acids is 1. The average molecular weight is 355 g/mol. The van der Waals surface area contributed by atoms with Gasteiger partial charge in [-0.1, -0.05) is 46.1 Å². The first-order valence-corrected chi connectivity index (χ1v) is 10.2. The monoisotopic (exact) mass is 354 g/mol. The van der Waals surface area contributed by atoms with Crippen molar-refractivity contribution in [2.45, 2.75) is 58.3 Å². The molecule has 0 bridgehead atoms. The molecule has 1 amide bonds. The van der Waals surface area contributed by atoms with Gasteiger partial charge in [0.15, 0.2) is 0 Å². The van der Waals surface area contributed by atoms with Gasteiger partial charge in [-0.2, -0.15) is 0 Å². The van der Waals surface area contributed by atoms with E-state index in [2.05, 4.69) is 23.9 Å². The Balaban J connectivity index is 2.87. The molecule has 6 heteroatoms. The summed E-state index contributed by atoms with van der Waals surface area (Å²) in [6.45, 7) is 8.76. The van der Waals surface area contributed by atoms with Crippen molar-refractivity contribution in [3.63, 3.8) is 0 Å². The second-order valence-corrected chi connectivity index (χ2v) is 7.87. The second-order valence-electron chi connectivity index (χ2n) is 6.10. The van der Waals surface area contributed by atoms with Gasteiger partial charge in [-0.3, -0.25) is 4.79 Å². The third kappa shape index (κ3) is 5.91. The van der Waals surface area contributed by atoms with Crippen molar-refractivity contribution in [1.82, 2.24) is 10.0 Å². The third-order valence-electron chi connectivity index (χ3n) is 4.19. The summed E-state index contributed by atoms with van der Waals surface area (Å²) in [5, 5.41) is 2.96. The van der Waals surface area contributed by atoms with Gasteiger partial charge in [0.05, 0.1) is 4.90 Å². The fourth-order valence-electron chi connectivity index (χ4n) is 2.56. The van der Waals surface area contributed by atoms with Gasteiger partial charge >= 0.3 is 0 Å². The second kappa shape index (κ2) is 9.79. The van der Waals surface area contributed by atoms with E-state index in [4.69, 9.17) is 0 Å². The molecule has 0 saturated heterocycles. The predicted molar refractivity (Wildman–Crippen MR) is 97.7 cm³/mol. The number of aryl methyl sites for hydroxylation is 1. The zero-order valence-corrected chi connectivity index (χ0v) is 16.0. The number of benzene rings is 1. The van der Waals surface area contributed by atoms with Crippen LogP contribution in [0.1, 0.15) is 62.4 Å². The van der Waals surface area contributed by atoms with E-state index in [1.165, 1.54) is 12.1 Å². The van der Waals surface area contributed by atoms with Gasteiger partial charge in [0.2, 0.25) is 10.0 Å². The Labute approximate surface area is 146 Å². The summed E-state index contributed by atoms with van der Waals surface area (Å²) < 4.78 is 26.7. The first-order chi connectivity index (χ1) is 11.4. The summed E-state index contributed by atoms with van der Waals surface area (Å²) >= 11 is 0. The topological polar surface area (TPSA) is 75.3 Å². The summed E-state index contributed by atoms with van der Waals surface area (Å²) in [6, 6.07) is 4.66. The Bertz CT molecular complexity index is 642. The summed E-state index contributed by atoms with van der Waals surface area (Å²) in [5.74, 6) is 0.249. The molecule has 0 unspecified atom stereocenters. The number of rotatable bonds is 10. The molecule has 0 fully saturated rings. The van der Waals surface area contributed by atoms with E-state index in [0.717, 1.165) is 31.2 Å². The number of carbonyl (C=O) groups is 1. The Morgan fingerprint density at radius 3 is 2.50 bits per heavy atom. The van der Waals surface area contributed by atoms with Crippen LogP contribution in [-0.4, -0.2) is 27.4 Å². The number of hydrogen-bond donors (Lipinski definition) is 2. The van der Waals surface area contributed by atoms with E-state index in [-0.39, 0.29) is 10.8 Å². The maximum atomic E-state index is 12.5. The number of nitrogens with one attached hydrogen (secondary N) is 2. The Hall–Kier alpha value is -1.40. The van der Waals surface area contributed by atoms with Crippen LogP contribution in [0.3, 0.4) is 0 Å². The molecule has 136 valence electrons. The highest BCUT2D eigenvalue weighted by Gasteiger charge is 2.17. The highest BCUT2D eigenvalue weighted by Crippen LogP contribution is 2.16. The minimum atomic E-state index is -3.56. The Morgan fingerprint density at radius 2 is 1.92 bits per heavy atom. The molecular weight excluding hydrogens is 324 g/mol. The molecule has 1 aromatic rings. The molecular formula is C18H30N2O3S. The molecule has 0 aliphatic heterocycles. The van der Waals surface area contributed by atoms with Gasteiger partial charge < -0.3 is 5.32 Å². The van der Waals surface area contributed by atoms with Gasteiger partial charge in [0.25, 0.3) is 5.91 Å². The van der Waals surface area contributed by atoms with Crippen molar-refractivity contribution >= 4 is 15.9 Å². The molecule has 0 radical (unpaired) electrons. The van der Waals surface area contributed by atoms with E-state index in [0.29, 0.717) is 24.6 Å². The van der Waals surface area contributed by atoms with E-state index >= 15 is 0 Å². The largest absolute Gasteiger partial charge is 0.352 e. The highest BCUT2D eigenvalue weighted by atomic mass is 32.2. The van der Waals surface area contributed by atoms with Gasteiger partial charge in [-0.25, -0.2) is 13.1 Å². The van der Waals surface area contributed by atoms with Gasteiger partial charge in [-0.05, 0) is 37.0 Å². The van der Waals surface area contributed by atoms with Crippen LogP contribution in [0.25, 0.3) is 0 Å². The minimum absolute atomic E-state index is 0.123. The summed E-state index contributed by atoms with van der Waals surface area (Å²) in [5.41, 5.74) is 1.18. The lowest BCUT2D eigenvalue weighted by atomic mass is 9.99. The molecule has 0 aliphatic rings. The fraction of sp³-hybridized carbons (Fsp3) is 0.611. The lowest BCUT2D eigenvalue weighted by Gasteiger charge is -2.16. The fourth-order valence-corrected chi connectivity index (χ4v) is 3.63. The summed E-state index contributed by atoms with van der Waals surface area (Å²) in [4.78, 5) is 12.6. The maximum absolute atomic E-state index is 12.5. The van der Waals surface area contributed by atoms with Gasteiger partial charge in [0.1, 0.15) is 0 Å². The third-order valence-corrected chi connectivity index (χ3v) is 5.74. The lowest BCUT2D eigenvalue weighted by molar-refractivity contribution is 0.0945. The lowest BCUT2D eigenvalue weighted by Crippen LogP contribution is -2.30. The van der Waals surface area contributed by atoms with Crippen molar-refractivity contribution in [1.29, 1.82) is 0 Å². The molecule has 0 heterocycles. The average Bonchev–Trinajstić information content (AvgIpc) is 2.55. The van der Waals surface area contributed by atoms with Gasteiger partial charge in [-0.15, -0.1) is 0 Å². The molecule has 0 aliphatic carbocycles. The Kier molecular flexibility index (Phi) is 8.42. The Morgan fingerprint density at radius 1 is 1.21 bits per heavy atom. The standard InChI is InChI=1S/C18H30N2O3S/c1-5-8-9-15(6-2)13-19-18(21)17-12-16(11-10-14(17)4)24(22,23)20-7-3/h10-12,15,20H,5-9,13H2,1-4H3,(H,19,21)/t15-/m1/s1. The van der Waals surface area contributed by atoms with Crippen LogP contribution in [-0.2, 0) is 10.0 Å². The van der Waals surface area contributed by atoms with Crippen molar-refractivity contribution in [2.75, 3.05) is 13.1 Å². The van der Waals surface area contributed by atoms with Crippen molar-refractivity contribution in [2.24, 2.45) is 5.92 Å². The van der Waals surface area contributed by atoms with Crippen LogP contribution in [0, 0.1) is 12.8 Å². The SMILES string of the molecule is CCCC[C@@H](CC)CNC(=O)c1cc(S(=O)(=O)NCC)ccc1C. The van der Waals surface area contributed by atoms with E-state index in [1.807, 2.05) is 6.92 Å². The number of hydrogen-bond acceptors (Lipinski definition) is 3. The van der Waals surface area contributed by atoms with Crippen molar-refractivity contribution < 1.29 is 13.2 Å². The van der Waals surface area contributed by atoms with Crippen molar-refractivity contribution in [3.05, 3.63) is 29.3 Å². The van der Waals surface area contributed by atoms with E-state index in [9.17, 15) is 13.2 Å². The molecule has 0 aromatic heterocycles. The zero-order chi connectivity index (χ0) is 18.2. The molecule has 24 heavy (non-hydrogen) atoms. The molecule has 1 rings (SSSR count). The molecule has 1 aromatic carbocycles. The van der Waals surface area contributed by atoms with Crippen LogP contribution >= 0.6 is 0 Å². The van der Waals surface area contributed by atoms with Crippen LogP contribution < -0.4 is 10.0 Å². The highest BCUT2D eigenvalue weighted by molar-refractivity contribution is 7.89. The molecule has 5 nitrogen and oxygen atoms in total.